The minimum Gasteiger partial charge on any atom is -0.449 e. The number of ether oxygens (including phenoxy) is 1. The van der Waals surface area contributed by atoms with Crippen molar-refractivity contribution in [3.05, 3.63) is 45.1 Å². The molecule has 1 aromatic carbocycles. The van der Waals surface area contributed by atoms with E-state index in [0.29, 0.717) is 29.9 Å². The maximum absolute atomic E-state index is 12.6. The van der Waals surface area contributed by atoms with E-state index in [1.807, 2.05) is 19.1 Å². The van der Waals surface area contributed by atoms with Gasteiger partial charge in [0.2, 0.25) is 0 Å². The molecule has 0 unspecified atom stereocenters. The van der Waals surface area contributed by atoms with E-state index < -0.39 is 6.16 Å². The van der Waals surface area contributed by atoms with Crippen molar-refractivity contribution in [2.45, 2.75) is 19.9 Å². The lowest BCUT2D eigenvalue weighted by Crippen LogP contribution is -2.35. The molecule has 1 amide bonds. The largest absolute Gasteiger partial charge is 0.512 e. The Morgan fingerprint density at radius 3 is 2.91 bits per heavy atom. The predicted octanol–water partition coefficient (Wildman–Crippen LogP) is 3.00. The molecule has 1 aliphatic rings. The molecular formula is C15H13BrN2O5. The van der Waals surface area contributed by atoms with Gasteiger partial charge in [-0.2, -0.15) is 0 Å². The van der Waals surface area contributed by atoms with Gasteiger partial charge >= 0.3 is 6.16 Å². The van der Waals surface area contributed by atoms with Gasteiger partial charge in [0.05, 0.1) is 12.1 Å². The van der Waals surface area contributed by atoms with Crippen LogP contribution in [0.2, 0.25) is 0 Å². The Morgan fingerprint density at radius 2 is 2.22 bits per heavy atom. The third-order valence-electron chi connectivity index (χ3n) is 3.67. The van der Waals surface area contributed by atoms with Gasteiger partial charge in [-0.15, -0.1) is 0 Å². The molecule has 0 saturated carbocycles. The Bertz CT molecular complexity index is 786. The first-order chi connectivity index (χ1) is 11.0. The summed E-state index contributed by atoms with van der Waals surface area (Å²) in [6.07, 6.45) is -1.000. The Kier molecular flexibility index (Phi) is 4.08. The lowest BCUT2D eigenvalue weighted by Gasteiger charge is -2.26. The maximum Gasteiger partial charge on any atom is 0.512 e. The lowest BCUT2D eigenvalue weighted by atomic mass is 10.1. The fourth-order valence-electron chi connectivity index (χ4n) is 2.48. The summed E-state index contributed by atoms with van der Waals surface area (Å²) in [4.78, 5) is 24.9. The van der Waals surface area contributed by atoms with Crippen molar-refractivity contribution in [1.82, 2.24) is 10.1 Å². The number of carbonyl (C=O) groups excluding carboxylic acids is 1. The summed E-state index contributed by atoms with van der Waals surface area (Å²) in [5, 5.41) is 12.3. The zero-order valence-corrected chi connectivity index (χ0v) is 13.8. The molecule has 0 saturated heterocycles. The zero-order valence-electron chi connectivity index (χ0n) is 12.2. The van der Waals surface area contributed by atoms with Gasteiger partial charge in [-0.25, -0.2) is 4.79 Å². The molecule has 8 heteroatoms. The summed E-state index contributed by atoms with van der Waals surface area (Å²) in [5.74, 6) is 0.322. The van der Waals surface area contributed by atoms with Crippen molar-refractivity contribution in [2.75, 3.05) is 6.54 Å². The van der Waals surface area contributed by atoms with Gasteiger partial charge in [0.1, 0.15) is 5.76 Å². The second kappa shape index (κ2) is 6.04. The van der Waals surface area contributed by atoms with Crippen LogP contribution in [0.1, 0.15) is 27.2 Å². The predicted molar refractivity (Wildman–Crippen MR) is 82.5 cm³/mol. The number of carboxylic acid groups (broad SMARTS) is 1. The van der Waals surface area contributed by atoms with Crippen molar-refractivity contribution in [1.29, 1.82) is 0 Å². The number of hydrogen-bond donors (Lipinski definition) is 1. The monoisotopic (exact) mass is 380 g/mol. The molecule has 2 aromatic rings. The summed E-state index contributed by atoms with van der Waals surface area (Å²) >= 11 is 3.41. The van der Waals surface area contributed by atoms with E-state index in [9.17, 15) is 9.59 Å². The molecule has 0 fully saturated rings. The molecule has 0 aliphatic carbocycles. The van der Waals surface area contributed by atoms with Crippen LogP contribution in [0.15, 0.2) is 27.2 Å². The van der Waals surface area contributed by atoms with E-state index in [2.05, 4.69) is 25.8 Å². The molecule has 1 aliphatic heterocycles. The fourth-order valence-corrected chi connectivity index (χ4v) is 2.73. The normalized spacial score (nSPS) is 13.6. The molecule has 1 aromatic heterocycles. The van der Waals surface area contributed by atoms with Gasteiger partial charge < -0.3 is 19.3 Å². The van der Waals surface area contributed by atoms with Gasteiger partial charge in [0.25, 0.3) is 11.8 Å². The number of aryl methyl sites for hydroxylation is 1. The number of halogens is 1. The summed E-state index contributed by atoms with van der Waals surface area (Å²) in [6, 6.07) is 5.39. The summed E-state index contributed by atoms with van der Waals surface area (Å²) in [5.41, 5.74) is 2.04. The van der Waals surface area contributed by atoms with Crippen LogP contribution < -0.4 is 4.74 Å². The molecule has 23 heavy (non-hydrogen) atoms. The minimum absolute atomic E-state index is 0.100. The van der Waals surface area contributed by atoms with Crippen LogP contribution in [0.3, 0.4) is 0 Å². The average Bonchev–Trinajstić information content (AvgIpc) is 2.91. The molecule has 0 atom stereocenters. The Hall–Kier alpha value is -2.35. The van der Waals surface area contributed by atoms with E-state index >= 15 is 0 Å². The average molecular weight is 381 g/mol. The zero-order chi connectivity index (χ0) is 16.6. The molecular weight excluding hydrogens is 368 g/mol. The first-order valence-electron chi connectivity index (χ1n) is 6.89. The molecule has 1 N–H and O–H groups in total. The number of hydrogen-bond acceptors (Lipinski definition) is 5. The standard InChI is InChI=1S/C15H13BrN2O5/c1-8-6-9(2-3-11(8)16)14(19)18-5-4-12-10(7-18)13(17-23-12)22-15(20)21/h2-3,6H,4-5,7H2,1H3,(H,20,21). The number of amides is 1. The molecule has 0 spiro atoms. The fraction of sp³-hybridized carbons (Fsp3) is 0.267. The van der Waals surface area contributed by atoms with E-state index in [0.717, 1.165) is 10.0 Å². The summed E-state index contributed by atoms with van der Waals surface area (Å²) < 4.78 is 10.6. The van der Waals surface area contributed by atoms with Crippen molar-refractivity contribution < 1.29 is 24.0 Å². The highest BCUT2D eigenvalue weighted by molar-refractivity contribution is 9.10. The first kappa shape index (κ1) is 15.5. The molecule has 0 bridgehead atoms. The van der Waals surface area contributed by atoms with Crippen LogP contribution in [-0.2, 0) is 13.0 Å². The Balaban J connectivity index is 1.83. The highest BCUT2D eigenvalue weighted by atomic mass is 79.9. The van der Waals surface area contributed by atoms with Crippen LogP contribution in [0.4, 0.5) is 4.79 Å². The van der Waals surface area contributed by atoms with Crippen LogP contribution in [0.25, 0.3) is 0 Å². The first-order valence-corrected chi connectivity index (χ1v) is 7.68. The molecule has 0 radical (unpaired) electrons. The van der Waals surface area contributed by atoms with Crippen LogP contribution in [0, 0.1) is 6.92 Å². The van der Waals surface area contributed by atoms with E-state index in [4.69, 9.17) is 9.63 Å². The van der Waals surface area contributed by atoms with Gasteiger partial charge in [-0.1, -0.05) is 15.9 Å². The number of fused-ring (bicyclic) bond motifs is 1. The number of rotatable bonds is 2. The summed E-state index contributed by atoms with van der Waals surface area (Å²) in [6.45, 7) is 2.59. The van der Waals surface area contributed by atoms with E-state index in [1.165, 1.54) is 0 Å². The van der Waals surface area contributed by atoms with Crippen molar-refractivity contribution in [3.63, 3.8) is 0 Å². The molecule has 7 nitrogen and oxygen atoms in total. The lowest BCUT2D eigenvalue weighted by molar-refractivity contribution is 0.0728. The highest BCUT2D eigenvalue weighted by Crippen LogP contribution is 2.29. The van der Waals surface area contributed by atoms with E-state index in [1.54, 1.807) is 11.0 Å². The van der Waals surface area contributed by atoms with Crippen molar-refractivity contribution in [3.8, 4) is 5.88 Å². The number of aromatic nitrogens is 1. The van der Waals surface area contributed by atoms with Crippen molar-refractivity contribution >= 4 is 28.0 Å². The Morgan fingerprint density at radius 1 is 1.43 bits per heavy atom. The smallest absolute Gasteiger partial charge is 0.449 e. The summed E-state index contributed by atoms with van der Waals surface area (Å²) in [7, 11) is 0. The van der Waals surface area contributed by atoms with Gasteiger partial charge in [0, 0.05) is 23.0 Å². The number of nitrogens with zero attached hydrogens (tertiary/aromatic N) is 2. The van der Waals surface area contributed by atoms with Gasteiger partial charge in [-0.3, -0.25) is 4.79 Å². The highest BCUT2D eigenvalue weighted by Gasteiger charge is 2.29. The molecule has 120 valence electrons. The minimum atomic E-state index is -1.46. The van der Waals surface area contributed by atoms with Crippen molar-refractivity contribution in [2.24, 2.45) is 0 Å². The van der Waals surface area contributed by atoms with Gasteiger partial charge in [0.15, 0.2) is 0 Å². The third kappa shape index (κ3) is 3.07. The van der Waals surface area contributed by atoms with Crippen LogP contribution in [0.5, 0.6) is 5.88 Å². The second-order valence-corrected chi connectivity index (χ2v) is 6.05. The van der Waals surface area contributed by atoms with Crippen LogP contribution >= 0.6 is 15.9 Å². The number of benzene rings is 1. The SMILES string of the molecule is Cc1cc(C(=O)N2CCc3onc(OC(=O)O)c3C2)ccc1Br. The van der Waals surface area contributed by atoms with E-state index in [-0.39, 0.29) is 18.3 Å². The second-order valence-electron chi connectivity index (χ2n) is 5.20. The number of carbonyl (C=O) groups is 2. The molecule has 2 heterocycles. The third-order valence-corrected chi connectivity index (χ3v) is 4.56. The van der Waals surface area contributed by atoms with Gasteiger partial charge in [-0.05, 0) is 35.8 Å². The Labute approximate surface area is 139 Å². The molecule has 3 rings (SSSR count). The van der Waals surface area contributed by atoms with Crippen LogP contribution in [-0.4, -0.2) is 33.8 Å². The topological polar surface area (TPSA) is 92.9 Å². The quantitative estimate of drug-likeness (QED) is 0.804. The maximum atomic E-state index is 12.6.